The number of benzene rings is 2. The van der Waals surface area contributed by atoms with Crippen molar-refractivity contribution in [2.45, 2.75) is 19.4 Å². The molecule has 3 rings (SSSR count). The van der Waals surface area contributed by atoms with Gasteiger partial charge in [-0.2, -0.15) is 0 Å². The van der Waals surface area contributed by atoms with E-state index >= 15 is 0 Å². The summed E-state index contributed by atoms with van der Waals surface area (Å²) in [4.78, 5) is 6.76. The van der Waals surface area contributed by atoms with Gasteiger partial charge in [0.05, 0.1) is 14.2 Å². The molecule has 6 heteroatoms. The Hall–Kier alpha value is -2.89. The van der Waals surface area contributed by atoms with E-state index in [0.717, 1.165) is 31.2 Å². The number of nitrogens with one attached hydrogen (secondary N) is 2. The number of anilines is 2. The molecule has 144 valence electrons. The summed E-state index contributed by atoms with van der Waals surface area (Å²) < 4.78 is 10.6. The molecule has 1 atom stereocenters. The quantitative estimate of drug-likeness (QED) is 0.606. The molecule has 0 aromatic heterocycles. The van der Waals surface area contributed by atoms with Crippen LogP contribution in [0.15, 0.2) is 47.5 Å². The Morgan fingerprint density at radius 1 is 1.15 bits per heavy atom. The van der Waals surface area contributed by atoms with Crippen LogP contribution >= 0.6 is 0 Å². The van der Waals surface area contributed by atoms with Crippen molar-refractivity contribution in [3.05, 3.63) is 48.0 Å². The number of fused-ring (bicyclic) bond motifs is 1. The van der Waals surface area contributed by atoms with Gasteiger partial charge in [-0.1, -0.05) is 18.2 Å². The number of ether oxygens (including phenoxy) is 2. The van der Waals surface area contributed by atoms with Crippen molar-refractivity contribution < 1.29 is 9.47 Å². The van der Waals surface area contributed by atoms with Gasteiger partial charge in [-0.05, 0) is 37.1 Å². The SMILES string of the molecule is CN=C(NCCN1c2ccccc2CC1C)Nc1ccc(OC)c(OC)c1. The highest BCUT2D eigenvalue weighted by atomic mass is 16.5. The second-order valence-corrected chi connectivity index (χ2v) is 6.57. The molecular weight excluding hydrogens is 340 g/mol. The number of rotatable bonds is 6. The number of para-hydroxylation sites is 1. The highest BCUT2D eigenvalue weighted by molar-refractivity contribution is 5.93. The average Bonchev–Trinajstić information content (AvgIpc) is 3.02. The Balaban J connectivity index is 1.57. The molecule has 0 fully saturated rings. The van der Waals surface area contributed by atoms with Gasteiger partial charge in [0.2, 0.25) is 0 Å². The van der Waals surface area contributed by atoms with Crippen LogP contribution in [-0.4, -0.2) is 46.4 Å². The molecular formula is C21H28N4O2. The van der Waals surface area contributed by atoms with E-state index in [2.05, 4.69) is 51.7 Å². The summed E-state index contributed by atoms with van der Waals surface area (Å²) in [6, 6.07) is 14.9. The van der Waals surface area contributed by atoms with Crippen LogP contribution < -0.4 is 25.0 Å². The van der Waals surface area contributed by atoms with Gasteiger partial charge in [0.1, 0.15) is 0 Å². The molecule has 1 heterocycles. The first-order valence-electron chi connectivity index (χ1n) is 9.20. The van der Waals surface area contributed by atoms with Crippen molar-refractivity contribution in [2.75, 3.05) is 44.6 Å². The topological polar surface area (TPSA) is 58.1 Å². The predicted octanol–water partition coefficient (Wildman–Crippen LogP) is 3.14. The fourth-order valence-electron chi connectivity index (χ4n) is 3.49. The lowest BCUT2D eigenvalue weighted by Crippen LogP contribution is -2.40. The Morgan fingerprint density at radius 2 is 1.93 bits per heavy atom. The molecule has 2 aromatic carbocycles. The van der Waals surface area contributed by atoms with Gasteiger partial charge in [-0.25, -0.2) is 0 Å². The van der Waals surface area contributed by atoms with Crippen molar-refractivity contribution in [1.29, 1.82) is 0 Å². The van der Waals surface area contributed by atoms with Gasteiger partial charge in [0, 0.05) is 43.6 Å². The first-order valence-corrected chi connectivity index (χ1v) is 9.20. The van der Waals surface area contributed by atoms with Crippen LogP contribution in [0.2, 0.25) is 0 Å². The lowest BCUT2D eigenvalue weighted by Gasteiger charge is -2.25. The zero-order valence-electron chi connectivity index (χ0n) is 16.5. The average molecular weight is 368 g/mol. The predicted molar refractivity (Wildman–Crippen MR) is 111 cm³/mol. The van der Waals surface area contributed by atoms with E-state index in [0.29, 0.717) is 17.5 Å². The minimum absolute atomic E-state index is 0.519. The number of methoxy groups -OCH3 is 2. The summed E-state index contributed by atoms with van der Waals surface area (Å²) in [7, 11) is 5.02. The van der Waals surface area contributed by atoms with Crippen LogP contribution in [0.4, 0.5) is 11.4 Å². The maximum atomic E-state index is 5.35. The van der Waals surface area contributed by atoms with Gasteiger partial charge in [0.25, 0.3) is 0 Å². The summed E-state index contributed by atoms with van der Waals surface area (Å²) in [6.45, 7) is 3.99. The molecule has 0 spiro atoms. The van der Waals surface area contributed by atoms with Crippen molar-refractivity contribution >= 4 is 17.3 Å². The third kappa shape index (κ3) is 4.27. The standard InChI is InChI=1S/C21H28N4O2/c1-15-13-16-7-5-6-8-18(16)25(15)12-11-23-21(22-2)24-17-9-10-19(26-3)20(14-17)27-4/h5-10,14-15H,11-13H2,1-4H3,(H2,22,23,24). The van der Waals surface area contributed by atoms with Crippen LogP contribution in [0.5, 0.6) is 11.5 Å². The number of hydrogen-bond acceptors (Lipinski definition) is 4. The fourth-order valence-corrected chi connectivity index (χ4v) is 3.49. The molecule has 1 aliphatic heterocycles. The summed E-state index contributed by atoms with van der Waals surface area (Å²) >= 11 is 0. The molecule has 27 heavy (non-hydrogen) atoms. The normalized spacial score (nSPS) is 16.1. The van der Waals surface area contributed by atoms with Gasteiger partial charge in [-0.3, -0.25) is 4.99 Å². The smallest absolute Gasteiger partial charge is 0.195 e. The second kappa shape index (κ2) is 8.66. The van der Waals surface area contributed by atoms with E-state index in [1.165, 1.54) is 11.3 Å². The monoisotopic (exact) mass is 368 g/mol. The summed E-state index contributed by atoms with van der Waals surface area (Å²) in [5.41, 5.74) is 3.66. The van der Waals surface area contributed by atoms with E-state index < -0.39 is 0 Å². The zero-order chi connectivity index (χ0) is 19.2. The molecule has 0 bridgehead atoms. The van der Waals surface area contributed by atoms with E-state index in [-0.39, 0.29) is 0 Å². The first kappa shape index (κ1) is 18.9. The fraction of sp³-hybridized carbons (Fsp3) is 0.381. The Kier molecular flexibility index (Phi) is 6.06. The molecule has 1 aliphatic rings. The molecule has 0 aliphatic carbocycles. The summed E-state index contributed by atoms with van der Waals surface area (Å²) in [5, 5.41) is 6.68. The van der Waals surface area contributed by atoms with Crippen molar-refractivity contribution in [3.8, 4) is 11.5 Å². The molecule has 6 nitrogen and oxygen atoms in total. The maximum absolute atomic E-state index is 5.35. The van der Waals surface area contributed by atoms with Crippen LogP contribution in [0.25, 0.3) is 0 Å². The van der Waals surface area contributed by atoms with Crippen molar-refractivity contribution in [1.82, 2.24) is 5.32 Å². The Labute approximate surface area is 161 Å². The third-order valence-electron chi connectivity index (χ3n) is 4.86. The molecule has 0 saturated heterocycles. The molecule has 2 aromatic rings. The molecule has 0 saturated carbocycles. The first-order chi connectivity index (χ1) is 13.2. The number of nitrogens with zero attached hydrogens (tertiary/aromatic N) is 2. The minimum Gasteiger partial charge on any atom is -0.493 e. The Bertz CT molecular complexity index is 807. The molecule has 0 amide bonds. The van der Waals surface area contributed by atoms with Gasteiger partial charge in [0.15, 0.2) is 17.5 Å². The van der Waals surface area contributed by atoms with Crippen molar-refractivity contribution in [2.24, 2.45) is 4.99 Å². The van der Waals surface area contributed by atoms with Crippen LogP contribution in [-0.2, 0) is 6.42 Å². The van der Waals surface area contributed by atoms with Gasteiger partial charge in [-0.15, -0.1) is 0 Å². The lowest BCUT2D eigenvalue weighted by molar-refractivity contribution is 0.355. The second-order valence-electron chi connectivity index (χ2n) is 6.57. The van der Waals surface area contributed by atoms with E-state index in [4.69, 9.17) is 9.47 Å². The summed E-state index contributed by atoms with van der Waals surface area (Å²) in [6.07, 6.45) is 1.11. The Morgan fingerprint density at radius 3 is 2.67 bits per heavy atom. The number of hydrogen-bond donors (Lipinski definition) is 2. The third-order valence-corrected chi connectivity index (χ3v) is 4.86. The van der Waals surface area contributed by atoms with Crippen molar-refractivity contribution in [3.63, 3.8) is 0 Å². The van der Waals surface area contributed by atoms with E-state index in [1.807, 2.05) is 18.2 Å². The van der Waals surface area contributed by atoms with Gasteiger partial charge >= 0.3 is 0 Å². The van der Waals surface area contributed by atoms with Crippen LogP contribution in [0.3, 0.4) is 0 Å². The van der Waals surface area contributed by atoms with Gasteiger partial charge < -0.3 is 25.0 Å². The number of guanidine groups is 1. The number of aliphatic imine (C=N–C) groups is 1. The van der Waals surface area contributed by atoms with Crippen LogP contribution in [0.1, 0.15) is 12.5 Å². The highest BCUT2D eigenvalue weighted by Gasteiger charge is 2.24. The maximum Gasteiger partial charge on any atom is 0.195 e. The molecule has 0 radical (unpaired) electrons. The van der Waals surface area contributed by atoms with Crippen LogP contribution in [0, 0.1) is 0 Å². The largest absolute Gasteiger partial charge is 0.493 e. The highest BCUT2D eigenvalue weighted by Crippen LogP contribution is 2.31. The summed E-state index contributed by atoms with van der Waals surface area (Å²) in [5.74, 6) is 2.11. The van der Waals surface area contributed by atoms with E-state index in [1.54, 1.807) is 21.3 Å². The zero-order valence-corrected chi connectivity index (χ0v) is 16.5. The lowest BCUT2D eigenvalue weighted by atomic mass is 10.1. The molecule has 2 N–H and O–H groups in total. The van der Waals surface area contributed by atoms with E-state index in [9.17, 15) is 0 Å². The minimum atomic E-state index is 0.519. The molecule has 1 unspecified atom stereocenters.